The number of ether oxygens (including phenoxy) is 2. The molecule has 0 saturated heterocycles. The van der Waals surface area contributed by atoms with Crippen molar-refractivity contribution in [1.29, 1.82) is 0 Å². The number of carbonyl (C=O) groups is 2. The molecule has 7 nitrogen and oxygen atoms in total. The lowest BCUT2D eigenvalue weighted by atomic mass is 10.1. The Labute approximate surface area is 168 Å². The van der Waals surface area contributed by atoms with Crippen molar-refractivity contribution >= 4 is 11.8 Å². The van der Waals surface area contributed by atoms with E-state index in [0.29, 0.717) is 18.1 Å². The van der Waals surface area contributed by atoms with Gasteiger partial charge in [-0.05, 0) is 42.8 Å². The Morgan fingerprint density at radius 1 is 0.966 bits per heavy atom. The molecule has 0 aliphatic heterocycles. The van der Waals surface area contributed by atoms with Crippen LogP contribution in [0.1, 0.15) is 42.4 Å². The summed E-state index contributed by atoms with van der Waals surface area (Å²) in [6, 6.07) is 16.2. The van der Waals surface area contributed by atoms with E-state index in [-0.39, 0.29) is 31.1 Å². The van der Waals surface area contributed by atoms with Gasteiger partial charge in [0.25, 0.3) is 5.89 Å². The lowest BCUT2D eigenvalue weighted by Gasteiger charge is -2.06. The van der Waals surface area contributed by atoms with Gasteiger partial charge in [-0.2, -0.15) is 0 Å². The molecule has 1 aromatic heterocycles. The molecule has 0 aliphatic rings. The Balaban J connectivity index is 1.43. The molecule has 3 rings (SSSR count). The highest BCUT2D eigenvalue weighted by Crippen LogP contribution is 2.18. The fourth-order valence-electron chi connectivity index (χ4n) is 2.54. The number of hydrogen-bond acceptors (Lipinski definition) is 7. The van der Waals surface area contributed by atoms with Crippen molar-refractivity contribution in [1.82, 2.24) is 10.2 Å². The number of nitrogens with zero attached hydrogens (tertiary/aromatic N) is 2. The third kappa shape index (κ3) is 6.00. The summed E-state index contributed by atoms with van der Waals surface area (Å²) >= 11 is 0. The van der Waals surface area contributed by atoms with Crippen LogP contribution in [0.5, 0.6) is 5.75 Å². The van der Waals surface area contributed by atoms with Crippen molar-refractivity contribution in [2.24, 2.45) is 0 Å². The molecule has 7 heteroatoms. The first-order valence-corrected chi connectivity index (χ1v) is 9.45. The van der Waals surface area contributed by atoms with Crippen LogP contribution in [-0.2, 0) is 16.1 Å². The fourth-order valence-corrected chi connectivity index (χ4v) is 2.54. The SMILES string of the molecule is CCCOc1ccc(C(=O)CCC(=O)OCc2nnc(-c3ccccc3)o2)cc1. The maximum absolute atomic E-state index is 12.2. The minimum Gasteiger partial charge on any atom is -0.494 e. The van der Waals surface area contributed by atoms with Crippen LogP contribution in [0.3, 0.4) is 0 Å². The van der Waals surface area contributed by atoms with Crippen LogP contribution in [0, 0.1) is 0 Å². The number of aromatic nitrogens is 2. The maximum Gasteiger partial charge on any atom is 0.306 e. The predicted molar refractivity (Wildman–Crippen MR) is 105 cm³/mol. The molecule has 29 heavy (non-hydrogen) atoms. The first-order valence-electron chi connectivity index (χ1n) is 9.45. The molecule has 0 radical (unpaired) electrons. The average molecular weight is 394 g/mol. The van der Waals surface area contributed by atoms with Gasteiger partial charge >= 0.3 is 5.97 Å². The van der Waals surface area contributed by atoms with E-state index in [1.54, 1.807) is 24.3 Å². The van der Waals surface area contributed by atoms with E-state index >= 15 is 0 Å². The highest BCUT2D eigenvalue weighted by atomic mass is 16.5. The zero-order valence-corrected chi connectivity index (χ0v) is 16.2. The van der Waals surface area contributed by atoms with Crippen LogP contribution in [0.4, 0.5) is 0 Å². The Kier molecular flexibility index (Phi) is 7.10. The van der Waals surface area contributed by atoms with Crippen LogP contribution in [-0.4, -0.2) is 28.6 Å². The first kappa shape index (κ1) is 20.3. The number of Topliss-reactive ketones (excluding diaryl/α,β-unsaturated/α-hetero) is 1. The van der Waals surface area contributed by atoms with Gasteiger partial charge in [0.05, 0.1) is 13.0 Å². The topological polar surface area (TPSA) is 91.5 Å². The molecule has 0 saturated carbocycles. The van der Waals surface area contributed by atoms with E-state index in [9.17, 15) is 9.59 Å². The molecule has 0 bridgehead atoms. The fraction of sp³-hybridized carbons (Fsp3) is 0.273. The zero-order chi connectivity index (χ0) is 20.5. The smallest absolute Gasteiger partial charge is 0.306 e. The number of carbonyl (C=O) groups excluding carboxylic acids is 2. The number of ketones is 1. The molecule has 150 valence electrons. The minimum absolute atomic E-state index is 0.0212. The molecule has 0 spiro atoms. The molecule has 0 amide bonds. The molecule has 0 unspecified atom stereocenters. The van der Waals surface area contributed by atoms with E-state index < -0.39 is 5.97 Å². The number of esters is 1. The lowest BCUT2D eigenvalue weighted by Crippen LogP contribution is -2.08. The average Bonchev–Trinajstić information content (AvgIpc) is 3.24. The molecule has 0 atom stereocenters. The van der Waals surface area contributed by atoms with Crippen molar-refractivity contribution < 1.29 is 23.5 Å². The third-order valence-corrected chi connectivity index (χ3v) is 4.05. The summed E-state index contributed by atoms with van der Waals surface area (Å²) in [6.07, 6.45) is 0.958. The van der Waals surface area contributed by atoms with Crippen LogP contribution < -0.4 is 4.74 Å². The van der Waals surface area contributed by atoms with Crippen LogP contribution in [0.2, 0.25) is 0 Å². The van der Waals surface area contributed by atoms with Gasteiger partial charge in [-0.15, -0.1) is 10.2 Å². The summed E-state index contributed by atoms with van der Waals surface area (Å²) in [7, 11) is 0. The summed E-state index contributed by atoms with van der Waals surface area (Å²) in [6.45, 7) is 2.53. The van der Waals surface area contributed by atoms with E-state index in [1.165, 1.54) is 0 Å². The zero-order valence-electron chi connectivity index (χ0n) is 16.2. The summed E-state index contributed by atoms with van der Waals surface area (Å²) in [5.41, 5.74) is 1.32. The monoisotopic (exact) mass is 394 g/mol. The summed E-state index contributed by atoms with van der Waals surface area (Å²) < 4.78 is 16.1. The largest absolute Gasteiger partial charge is 0.494 e. The minimum atomic E-state index is -0.499. The molecule has 1 heterocycles. The molecule has 2 aromatic carbocycles. The first-order chi connectivity index (χ1) is 14.2. The Hall–Kier alpha value is -3.48. The quantitative estimate of drug-likeness (QED) is 0.375. The predicted octanol–water partition coefficient (Wildman–Crippen LogP) is 4.23. The second kappa shape index (κ2) is 10.2. The summed E-state index contributed by atoms with van der Waals surface area (Å²) in [5, 5.41) is 7.80. The lowest BCUT2D eigenvalue weighted by molar-refractivity contribution is -0.145. The Morgan fingerprint density at radius 3 is 2.45 bits per heavy atom. The normalized spacial score (nSPS) is 10.5. The molecular weight excluding hydrogens is 372 g/mol. The number of hydrogen-bond donors (Lipinski definition) is 0. The van der Waals surface area contributed by atoms with Crippen molar-refractivity contribution in [3.63, 3.8) is 0 Å². The Bertz CT molecular complexity index is 935. The number of benzene rings is 2. The van der Waals surface area contributed by atoms with Gasteiger partial charge in [0.2, 0.25) is 5.89 Å². The van der Waals surface area contributed by atoms with Crippen LogP contribution in [0.25, 0.3) is 11.5 Å². The van der Waals surface area contributed by atoms with E-state index in [2.05, 4.69) is 10.2 Å². The maximum atomic E-state index is 12.2. The number of rotatable bonds is 10. The third-order valence-electron chi connectivity index (χ3n) is 4.05. The highest BCUT2D eigenvalue weighted by Gasteiger charge is 2.13. The second-order valence-electron chi connectivity index (χ2n) is 6.32. The molecule has 0 N–H and O–H groups in total. The van der Waals surface area contributed by atoms with Crippen molar-refractivity contribution in [2.75, 3.05) is 6.61 Å². The van der Waals surface area contributed by atoms with Gasteiger partial charge < -0.3 is 13.9 Å². The van der Waals surface area contributed by atoms with Gasteiger partial charge in [-0.3, -0.25) is 9.59 Å². The molecule has 0 fully saturated rings. The molecule has 0 aliphatic carbocycles. The van der Waals surface area contributed by atoms with Crippen LogP contribution in [0.15, 0.2) is 59.0 Å². The summed E-state index contributed by atoms with van der Waals surface area (Å²) in [4.78, 5) is 24.1. The van der Waals surface area contributed by atoms with Gasteiger partial charge in [-0.1, -0.05) is 25.1 Å². The van der Waals surface area contributed by atoms with Crippen molar-refractivity contribution in [3.05, 3.63) is 66.1 Å². The molecular formula is C22H22N2O5. The van der Waals surface area contributed by atoms with Crippen molar-refractivity contribution in [2.45, 2.75) is 32.8 Å². The van der Waals surface area contributed by atoms with Crippen LogP contribution >= 0.6 is 0 Å². The van der Waals surface area contributed by atoms with Crippen molar-refractivity contribution in [3.8, 4) is 17.2 Å². The Morgan fingerprint density at radius 2 is 1.72 bits per heavy atom. The van der Waals surface area contributed by atoms with E-state index in [1.807, 2.05) is 37.3 Å². The second-order valence-corrected chi connectivity index (χ2v) is 6.32. The molecule has 3 aromatic rings. The van der Waals surface area contributed by atoms with E-state index in [4.69, 9.17) is 13.9 Å². The van der Waals surface area contributed by atoms with Gasteiger partial charge in [0, 0.05) is 17.5 Å². The van der Waals surface area contributed by atoms with Gasteiger partial charge in [0.1, 0.15) is 5.75 Å². The van der Waals surface area contributed by atoms with Gasteiger partial charge in [0.15, 0.2) is 12.4 Å². The standard InChI is InChI=1S/C22H22N2O5/c1-2-14-27-18-10-8-16(9-11-18)19(25)12-13-21(26)28-15-20-23-24-22(29-20)17-6-4-3-5-7-17/h3-11H,2,12-15H2,1H3. The highest BCUT2D eigenvalue weighted by molar-refractivity contribution is 5.97. The van der Waals surface area contributed by atoms with Gasteiger partial charge in [-0.25, -0.2) is 0 Å². The van der Waals surface area contributed by atoms with E-state index in [0.717, 1.165) is 17.7 Å². The summed E-state index contributed by atoms with van der Waals surface area (Å²) in [5.74, 6) is 0.649.